The summed E-state index contributed by atoms with van der Waals surface area (Å²) >= 11 is 0. The molecule has 0 bridgehead atoms. The molecule has 27 heavy (non-hydrogen) atoms. The molecule has 0 amide bonds. The summed E-state index contributed by atoms with van der Waals surface area (Å²) in [5.41, 5.74) is 2.76. The molecule has 0 atom stereocenters. The predicted octanol–water partition coefficient (Wildman–Crippen LogP) is 5.19. The van der Waals surface area contributed by atoms with Crippen LogP contribution in [0.25, 0.3) is 22.2 Å². The lowest BCUT2D eigenvalue weighted by atomic mass is 10.0. The first-order valence-corrected chi connectivity index (χ1v) is 8.74. The lowest BCUT2D eigenvalue weighted by Crippen LogP contribution is -2.27. The van der Waals surface area contributed by atoms with Crippen molar-refractivity contribution in [1.29, 1.82) is 0 Å². The number of fused-ring (bicyclic) bond motifs is 1. The molecule has 3 aromatic rings. The minimum Gasteiger partial charge on any atom is -0.465 e. The average Bonchev–Trinajstić information content (AvgIpc) is 2.98. The van der Waals surface area contributed by atoms with E-state index in [4.69, 9.17) is 9.47 Å². The molecule has 140 valence electrons. The van der Waals surface area contributed by atoms with Gasteiger partial charge in [0.1, 0.15) is 5.60 Å². The van der Waals surface area contributed by atoms with Crippen LogP contribution >= 0.6 is 0 Å². The Morgan fingerprint density at radius 2 is 1.70 bits per heavy atom. The number of hydrogen-bond donors (Lipinski definition) is 0. The lowest BCUT2D eigenvalue weighted by molar-refractivity contribution is 0.0543. The van der Waals surface area contributed by atoms with Crippen LogP contribution in [-0.4, -0.2) is 29.3 Å². The third kappa shape index (κ3) is 3.72. The van der Waals surface area contributed by atoms with Crippen molar-refractivity contribution < 1.29 is 19.1 Å². The highest BCUT2D eigenvalue weighted by molar-refractivity contribution is 6.02. The summed E-state index contributed by atoms with van der Waals surface area (Å²) < 4.78 is 12.0. The van der Waals surface area contributed by atoms with Gasteiger partial charge in [0, 0.05) is 10.9 Å². The maximum absolute atomic E-state index is 13.0. The summed E-state index contributed by atoms with van der Waals surface area (Å²) in [6, 6.07) is 14.8. The van der Waals surface area contributed by atoms with E-state index >= 15 is 0 Å². The van der Waals surface area contributed by atoms with Gasteiger partial charge in [0.2, 0.25) is 0 Å². The van der Waals surface area contributed by atoms with Crippen LogP contribution in [0.15, 0.2) is 48.5 Å². The van der Waals surface area contributed by atoms with Crippen LogP contribution in [0.5, 0.6) is 0 Å². The van der Waals surface area contributed by atoms with Crippen molar-refractivity contribution in [3.05, 3.63) is 59.7 Å². The summed E-state index contributed by atoms with van der Waals surface area (Å²) in [6.45, 7) is 7.46. The van der Waals surface area contributed by atoms with Crippen LogP contribution in [0.1, 0.15) is 36.7 Å². The standard InChI is InChI=1S/C22H23NO4/c1-14-10-11-18-15(12-14)13-19(23(18)21(25)27-22(2,3)4)16-8-6-7-9-17(16)20(24)26-5/h6-13H,1-5H3. The number of rotatable bonds is 2. The van der Waals surface area contributed by atoms with Crippen LogP contribution in [0.4, 0.5) is 4.79 Å². The quantitative estimate of drug-likeness (QED) is 0.587. The molecule has 2 aromatic carbocycles. The second-order valence-electron chi connectivity index (χ2n) is 7.44. The highest BCUT2D eigenvalue weighted by Gasteiger charge is 2.25. The van der Waals surface area contributed by atoms with E-state index in [-0.39, 0.29) is 0 Å². The van der Waals surface area contributed by atoms with Gasteiger partial charge in [0.15, 0.2) is 0 Å². The molecule has 1 aromatic heterocycles. The number of aryl methyl sites for hydroxylation is 1. The Hall–Kier alpha value is -3.08. The molecular formula is C22H23NO4. The summed E-state index contributed by atoms with van der Waals surface area (Å²) in [6.07, 6.45) is -0.490. The van der Waals surface area contributed by atoms with E-state index in [0.717, 1.165) is 16.5 Å². The molecule has 0 saturated heterocycles. The van der Waals surface area contributed by atoms with Gasteiger partial charge < -0.3 is 9.47 Å². The van der Waals surface area contributed by atoms with Crippen molar-refractivity contribution in [1.82, 2.24) is 4.57 Å². The van der Waals surface area contributed by atoms with Crippen LogP contribution in [0, 0.1) is 6.92 Å². The van der Waals surface area contributed by atoms with Gasteiger partial charge in [0.25, 0.3) is 0 Å². The van der Waals surface area contributed by atoms with E-state index in [0.29, 0.717) is 16.8 Å². The highest BCUT2D eigenvalue weighted by Crippen LogP contribution is 2.32. The third-order valence-electron chi connectivity index (χ3n) is 4.14. The van der Waals surface area contributed by atoms with E-state index < -0.39 is 17.7 Å². The molecule has 0 aliphatic heterocycles. The number of benzene rings is 2. The predicted molar refractivity (Wildman–Crippen MR) is 105 cm³/mol. The van der Waals surface area contributed by atoms with Gasteiger partial charge in [-0.15, -0.1) is 0 Å². The van der Waals surface area contributed by atoms with Crippen molar-refractivity contribution in [2.24, 2.45) is 0 Å². The summed E-state index contributed by atoms with van der Waals surface area (Å²) in [4.78, 5) is 25.2. The van der Waals surface area contributed by atoms with Gasteiger partial charge in [-0.2, -0.15) is 0 Å². The molecule has 0 saturated carbocycles. The van der Waals surface area contributed by atoms with Crippen LogP contribution in [-0.2, 0) is 9.47 Å². The number of ether oxygens (including phenoxy) is 2. The first-order chi connectivity index (χ1) is 12.7. The second kappa shape index (κ2) is 6.91. The first-order valence-electron chi connectivity index (χ1n) is 8.74. The minimum absolute atomic E-state index is 0.393. The van der Waals surface area contributed by atoms with Gasteiger partial charge in [-0.1, -0.05) is 29.8 Å². The topological polar surface area (TPSA) is 57.5 Å². The van der Waals surface area contributed by atoms with Crippen molar-refractivity contribution >= 4 is 23.0 Å². The molecule has 0 aliphatic rings. The monoisotopic (exact) mass is 365 g/mol. The number of carbonyl (C=O) groups excluding carboxylic acids is 2. The fourth-order valence-corrected chi connectivity index (χ4v) is 3.03. The normalized spacial score (nSPS) is 11.4. The molecule has 1 heterocycles. The van der Waals surface area contributed by atoms with Crippen molar-refractivity contribution in [2.75, 3.05) is 7.11 Å². The zero-order valence-electron chi connectivity index (χ0n) is 16.2. The SMILES string of the molecule is COC(=O)c1ccccc1-c1cc2cc(C)ccc2n1C(=O)OC(C)(C)C. The van der Waals surface area contributed by atoms with Crippen molar-refractivity contribution in [3.8, 4) is 11.3 Å². The van der Waals surface area contributed by atoms with Gasteiger partial charge in [-0.05, 0) is 52.0 Å². The van der Waals surface area contributed by atoms with Gasteiger partial charge in [-0.3, -0.25) is 0 Å². The van der Waals surface area contributed by atoms with Gasteiger partial charge in [-0.25, -0.2) is 14.2 Å². The number of aromatic nitrogens is 1. The number of nitrogens with zero attached hydrogens (tertiary/aromatic N) is 1. The largest absolute Gasteiger partial charge is 0.465 e. The Labute approximate surface area is 158 Å². The molecule has 3 rings (SSSR count). The van der Waals surface area contributed by atoms with E-state index in [1.807, 2.05) is 58.0 Å². The first kappa shape index (κ1) is 18.7. The number of esters is 1. The Morgan fingerprint density at radius 1 is 1.00 bits per heavy atom. The number of methoxy groups -OCH3 is 1. The van der Waals surface area contributed by atoms with E-state index in [1.54, 1.807) is 18.2 Å². The highest BCUT2D eigenvalue weighted by atomic mass is 16.6. The molecule has 5 heteroatoms. The van der Waals surface area contributed by atoms with Gasteiger partial charge >= 0.3 is 12.1 Å². The van der Waals surface area contributed by atoms with Gasteiger partial charge in [0.05, 0.1) is 23.9 Å². The molecule has 0 spiro atoms. The zero-order chi connectivity index (χ0) is 19.8. The fraction of sp³-hybridized carbons (Fsp3) is 0.273. The van der Waals surface area contributed by atoms with E-state index in [2.05, 4.69) is 0 Å². The maximum atomic E-state index is 13.0. The molecular weight excluding hydrogens is 342 g/mol. The van der Waals surface area contributed by atoms with Crippen LogP contribution in [0.3, 0.4) is 0 Å². The average molecular weight is 365 g/mol. The molecule has 0 N–H and O–H groups in total. The number of hydrogen-bond acceptors (Lipinski definition) is 4. The minimum atomic E-state index is -0.641. The lowest BCUT2D eigenvalue weighted by Gasteiger charge is -2.21. The fourth-order valence-electron chi connectivity index (χ4n) is 3.03. The van der Waals surface area contributed by atoms with Crippen LogP contribution in [0.2, 0.25) is 0 Å². The Balaban J connectivity index is 2.29. The van der Waals surface area contributed by atoms with Crippen molar-refractivity contribution in [3.63, 3.8) is 0 Å². The van der Waals surface area contributed by atoms with E-state index in [1.165, 1.54) is 11.7 Å². The third-order valence-corrected chi connectivity index (χ3v) is 4.14. The Morgan fingerprint density at radius 3 is 2.37 bits per heavy atom. The molecule has 5 nitrogen and oxygen atoms in total. The molecule has 0 unspecified atom stereocenters. The summed E-state index contributed by atoms with van der Waals surface area (Å²) in [7, 11) is 1.34. The summed E-state index contributed by atoms with van der Waals surface area (Å²) in [5.74, 6) is -0.456. The number of carbonyl (C=O) groups is 2. The smallest absolute Gasteiger partial charge is 0.419 e. The van der Waals surface area contributed by atoms with Crippen molar-refractivity contribution in [2.45, 2.75) is 33.3 Å². The molecule has 0 fully saturated rings. The second-order valence-corrected chi connectivity index (χ2v) is 7.44. The Kier molecular flexibility index (Phi) is 4.79. The maximum Gasteiger partial charge on any atom is 0.419 e. The van der Waals surface area contributed by atoms with E-state index in [9.17, 15) is 9.59 Å². The summed E-state index contributed by atoms with van der Waals surface area (Å²) in [5, 5.41) is 0.899. The van der Waals surface area contributed by atoms with Crippen LogP contribution < -0.4 is 0 Å². The molecule has 0 radical (unpaired) electrons. The Bertz CT molecular complexity index is 1020. The molecule has 0 aliphatic carbocycles. The zero-order valence-corrected chi connectivity index (χ0v) is 16.2.